The van der Waals surface area contributed by atoms with Gasteiger partial charge in [-0.3, -0.25) is 10.1 Å². The molecule has 0 saturated carbocycles. The molecule has 1 aromatic carbocycles. The molecule has 0 heterocycles. The maximum Gasteiger partial charge on any atom is 0.269 e. The lowest BCUT2D eigenvalue weighted by atomic mass is 10.2. The van der Waals surface area contributed by atoms with Crippen LogP contribution < -0.4 is 0 Å². The largest absolute Gasteiger partial charge is 0.324 e. The Hall–Kier alpha value is -1.15. The van der Waals surface area contributed by atoms with Crippen LogP contribution >= 0.6 is 7.14 Å². The van der Waals surface area contributed by atoms with Crippen molar-refractivity contribution in [1.29, 1.82) is 0 Å². The first-order chi connectivity index (χ1) is 6.38. The number of hydrogen-bond donors (Lipinski definition) is 0. The molecule has 0 radical (unpaired) electrons. The molecule has 0 aliphatic heterocycles. The van der Waals surface area contributed by atoms with Crippen LogP contribution in [0.15, 0.2) is 24.3 Å². The van der Waals surface area contributed by atoms with E-state index in [1.54, 1.807) is 25.5 Å². The first-order valence-electron chi connectivity index (χ1n) is 4.16. The van der Waals surface area contributed by atoms with Crippen LogP contribution in [-0.2, 0) is 10.7 Å². The van der Waals surface area contributed by atoms with Gasteiger partial charge in [0.15, 0.2) is 0 Å². The zero-order valence-electron chi connectivity index (χ0n) is 8.14. The molecule has 0 fully saturated rings. The van der Waals surface area contributed by atoms with Crippen molar-refractivity contribution in [2.75, 3.05) is 13.3 Å². The van der Waals surface area contributed by atoms with Crippen LogP contribution in [0.3, 0.4) is 0 Å². The molecule has 1 aromatic rings. The lowest BCUT2D eigenvalue weighted by molar-refractivity contribution is -0.384. The summed E-state index contributed by atoms with van der Waals surface area (Å²) < 4.78 is 11.5. The highest BCUT2D eigenvalue weighted by molar-refractivity contribution is 7.61. The van der Waals surface area contributed by atoms with Crippen LogP contribution in [0.4, 0.5) is 5.69 Å². The maximum atomic E-state index is 11.5. The van der Waals surface area contributed by atoms with Crippen molar-refractivity contribution in [1.82, 2.24) is 0 Å². The van der Waals surface area contributed by atoms with Crippen molar-refractivity contribution in [3.63, 3.8) is 0 Å². The predicted molar refractivity (Wildman–Crippen MR) is 56.3 cm³/mol. The second-order valence-corrected chi connectivity index (χ2v) is 7.12. The predicted octanol–water partition coefficient (Wildman–Crippen LogP) is 2.72. The molecule has 5 heteroatoms. The Morgan fingerprint density at radius 1 is 1.29 bits per heavy atom. The van der Waals surface area contributed by atoms with Gasteiger partial charge in [0.1, 0.15) is 0 Å². The van der Waals surface area contributed by atoms with Gasteiger partial charge in [-0.05, 0) is 18.9 Å². The van der Waals surface area contributed by atoms with Crippen LogP contribution in [-0.4, -0.2) is 18.3 Å². The number of nitrogens with zero attached hydrogens (tertiary/aromatic N) is 1. The van der Waals surface area contributed by atoms with Crippen LogP contribution in [0.25, 0.3) is 0 Å². The molecule has 1 rings (SSSR count). The summed E-state index contributed by atoms with van der Waals surface area (Å²) >= 11 is 0. The van der Waals surface area contributed by atoms with Gasteiger partial charge in [0.25, 0.3) is 5.69 Å². The summed E-state index contributed by atoms with van der Waals surface area (Å²) in [6, 6.07) is 6.17. The van der Waals surface area contributed by atoms with E-state index in [9.17, 15) is 14.7 Å². The van der Waals surface area contributed by atoms with E-state index in [2.05, 4.69) is 0 Å². The molecule has 14 heavy (non-hydrogen) atoms. The van der Waals surface area contributed by atoms with E-state index in [0.29, 0.717) is 6.16 Å². The van der Waals surface area contributed by atoms with Gasteiger partial charge >= 0.3 is 0 Å². The SMILES string of the molecule is CP(C)(=O)Cc1ccc([N+](=O)[O-])cc1. The van der Waals surface area contributed by atoms with E-state index < -0.39 is 12.1 Å². The maximum absolute atomic E-state index is 11.5. The molecular formula is C9H12NO3P. The Bertz CT molecular complexity index is 380. The van der Waals surface area contributed by atoms with Crippen molar-refractivity contribution in [3.05, 3.63) is 39.9 Å². The van der Waals surface area contributed by atoms with Gasteiger partial charge in [-0.1, -0.05) is 12.1 Å². The van der Waals surface area contributed by atoms with Crippen LogP contribution in [0, 0.1) is 10.1 Å². The fourth-order valence-electron chi connectivity index (χ4n) is 1.16. The third-order valence-electron chi connectivity index (χ3n) is 1.71. The van der Waals surface area contributed by atoms with Gasteiger partial charge in [0.05, 0.1) is 12.1 Å². The smallest absolute Gasteiger partial charge is 0.269 e. The van der Waals surface area contributed by atoms with Crippen LogP contribution in [0.1, 0.15) is 5.56 Å². The second kappa shape index (κ2) is 3.93. The van der Waals surface area contributed by atoms with E-state index in [-0.39, 0.29) is 5.69 Å². The minimum atomic E-state index is -2.10. The number of non-ortho nitro benzene ring substituents is 1. The molecule has 0 spiro atoms. The summed E-state index contributed by atoms with van der Waals surface area (Å²) in [5, 5.41) is 10.3. The van der Waals surface area contributed by atoms with Gasteiger partial charge in [0, 0.05) is 18.3 Å². The zero-order valence-corrected chi connectivity index (χ0v) is 9.03. The van der Waals surface area contributed by atoms with Gasteiger partial charge < -0.3 is 4.57 Å². The van der Waals surface area contributed by atoms with Crippen LogP contribution in [0.5, 0.6) is 0 Å². The van der Waals surface area contributed by atoms with Gasteiger partial charge in [-0.15, -0.1) is 0 Å². The lowest BCUT2D eigenvalue weighted by Gasteiger charge is -2.05. The Balaban J connectivity index is 2.84. The van der Waals surface area contributed by atoms with Crippen molar-refractivity contribution in [2.24, 2.45) is 0 Å². The van der Waals surface area contributed by atoms with Crippen molar-refractivity contribution in [2.45, 2.75) is 6.16 Å². The monoisotopic (exact) mass is 213 g/mol. The highest BCUT2D eigenvalue weighted by Gasteiger charge is 2.10. The molecule has 0 atom stereocenters. The first kappa shape index (κ1) is 10.9. The molecule has 0 aliphatic carbocycles. The quantitative estimate of drug-likeness (QED) is 0.440. The van der Waals surface area contributed by atoms with Crippen molar-refractivity contribution >= 4 is 12.8 Å². The minimum Gasteiger partial charge on any atom is -0.324 e. The summed E-state index contributed by atoms with van der Waals surface area (Å²) in [6.07, 6.45) is 0.491. The van der Waals surface area contributed by atoms with Gasteiger partial charge in [0.2, 0.25) is 0 Å². The normalized spacial score (nSPS) is 11.3. The standard InChI is InChI=1S/C9H12NO3P/c1-14(2,13)7-8-3-5-9(6-4-8)10(11)12/h3-6H,7H2,1-2H3. The lowest BCUT2D eigenvalue weighted by Crippen LogP contribution is -1.89. The summed E-state index contributed by atoms with van der Waals surface area (Å²) in [4.78, 5) is 9.91. The van der Waals surface area contributed by atoms with E-state index in [0.717, 1.165) is 5.56 Å². The third-order valence-corrected chi connectivity index (χ3v) is 2.84. The van der Waals surface area contributed by atoms with Gasteiger partial charge in [-0.25, -0.2) is 0 Å². The van der Waals surface area contributed by atoms with Crippen molar-refractivity contribution in [3.8, 4) is 0 Å². The third kappa shape index (κ3) is 3.30. The molecular weight excluding hydrogens is 201 g/mol. The number of benzene rings is 1. The average Bonchev–Trinajstić information content (AvgIpc) is 2.02. The Morgan fingerprint density at radius 2 is 1.79 bits per heavy atom. The van der Waals surface area contributed by atoms with Crippen LogP contribution in [0.2, 0.25) is 0 Å². The number of rotatable bonds is 3. The molecule has 4 nitrogen and oxygen atoms in total. The summed E-state index contributed by atoms with van der Waals surface area (Å²) in [7, 11) is -2.10. The number of hydrogen-bond acceptors (Lipinski definition) is 3. The number of nitro benzene ring substituents is 1. The van der Waals surface area contributed by atoms with Crippen molar-refractivity contribution < 1.29 is 9.49 Å². The molecule has 0 N–H and O–H groups in total. The summed E-state index contributed by atoms with van der Waals surface area (Å²) in [6.45, 7) is 3.41. The Labute approximate surface area is 82.5 Å². The average molecular weight is 213 g/mol. The van der Waals surface area contributed by atoms with E-state index in [1.165, 1.54) is 12.1 Å². The van der Waals surface area contributed by atoms with E-state index >= 15 is 0 Å². The number of nitro groups is 1. The Morgan fingerprint density at radius 3 is 2.14 bits per heavy atom. The zero-order chi connectivity index (χ0) is 10.8. The fourth-order valence-corrected chi connectivity index (χ4v) is 2.25. The highest BCUT2D eigenvalue weighted by atomic mass is 31.2. The fraction of sp³-hybridized carbons (Fsp3) is 0.333. The van der Waals surface area contributed by atoms with E-state index in [1.807, 2.05) is 0 Å². The summed E-state index contributed by atoms with van der Waals surface area (Å²) in [5.74, 6) is 0. The first-order valence-corrected chi connectivity index (χ1v) is 6.94. The molecule has 0 unspecified atom stereocenters. The second-order valence-electron chi connectivity index (χ2n) is 3.66. The van der Waals surface area contributed by atoms with Gasteiger partial charge in [-0.2, -0.15) is 0 Å². The molecule has 0 bridgehead atoms. The topological polar surface area (TPSA) is 60.2 Å². The Kier molecular flexibility index (Phi) is 3.06. The molecule has 0 aromatic heterocycles. The molecule has 0 saturated heterocycles. The van der Waals surface area contributed by atoms with E-state index in [4.69, 9.17) is 0 Å². The summed E-state index contributed by atoms with van der Waals surface area (Å²) in [5.41, 5.74) is 0.944. The molecule has 0 aliphatic rings. The highest BCUT2D eigenvalue weighted by Crippen LogP contribution is 2.40. The minimum absolute atomic E-state index is 0.0655. The molecule has 76 valence electrons. The molecule has 0 amide bonds.